The number of thioether (sulfide) groups is 1. The summed E-state index contributed by atoms with van der Waals surface area (Å²) in [5, 5.41) is 5.93. The molecule has 0 aliphatic carbocycles. The van der Waals surface area contributed by atoms with Crippen LogP contribution in [0.25, 0.3) is 20.9 Å². The second-order valence-electron chi connectivity index (χ2n) is 5.93. The summed E-state index contributed by atoms with van der Waals surface area (Å²) >= 11 is 7.53. The van der Waals surface area contributed by atoms with Crippen molar-refractivity contribution in [3.05, 3.63) is 70.6 Å². The quantitative estimate of drug-likeness (QED) is 0.335. The highest BCUT2D eigenvalue weighted by atomic mass is 35.5. The van der Waals surface area contributed by atoms with Gasteiger partial charge < -0.3 is 5.32 Å². The zero-order valence-electron chi connectivity index (χ0n) is 14.0. The fraction of sp³-hybridized carbons (Fsp3) is 0.0500. The molecule has 0 bridgehead atoms. The first-order chi connectivity index (χ1) is 13.3. The van der Waals surface area contributed by atoms with E-state index in [0.29, 0.717) is 15.6 Å². The van der Waals surface area contributed by atoms with Gasteiger partial charge in [0.15, 0.2) is 0 Å². The summed E-state index contributed by atoms with van der Waals surface area (Å²) in [6, 6.07) is 17.2. The predicted octanol–water partition coefficient (Wildman–Crippen LogP) is 7.57. The van der Waals surface area contributed by atoms with Gasteiger partial charge in [-0.2, -0.15) is 13.2 Å². The first-order valence-electron chi connectivity index (χ1n) is 8.09. The zero-order chi connectivity index (χ0) is 19.9. The van der Waals surface area contributed by atoms with Crippen LogP contribution in [0.2, 0.25) is 5.02 Å². The average Bonchev–Trinajstić information content (AvgIpc) is 2.99. The van der Waals surface area contributed by atoms with Crippen molar-refractivity contribution >= 4 is 67.2 Å². The lowest BCUT2D eigenvalue weighted by Gasteiger charge is -2.07. The van der Waals surface area contributed by atoms with Crippen molar-refractivity contribution in [1.29, 1.82) is 0 Å². The summed E-state index contributed by atoms with van der Waals surface area (Å²) in [6.07, 6.45) is 0. The van der Waals surface area contributed by atoms with Crippen LogP contribution in [0.3, 0.4) is 0 Å². The second kappa shape index (κ2) is 7.31. The minimum atomic E-state index is -4.35. The molecule has 1 aromatic heterocycles. The van der Waals surface area contributed by atoms with Gasteiger partial charge >= 0.3 is 5.51 Å². The molecule has 4 rings (SSSR count). The molecule has 1 N–H and O–H groups in total. The van der Waals surface area contributed by atoms with Gasteiger partial charge in [0.05, 0.1) is 5.02 Å². The minimum Gasteiger partial charge on any atom is -0.321 e. The lowest BCUT2D eigenvalue weighted by Crippen LogP contribution is -2.10. The number of thiophene rings is 1. The van der Waals surface area contributed by atoms with Gasteiger partial charge in [-0.25, -0.2) is 0 Å². The highest BCUT2D eigenvalue weighted by Crippen LogP contribution is 2.40. The highest BCUT2D eigenvalue weighted by Gasteiger charge is 2.29. The maximum atomic E-state index is 12.7. The number of benzene rings is 3. The normalized spacial score (nSPS) is 11.9. The zero-order valence-corrected chi connectivity index (χ0v) is 16.4. The number of halogens is 4. The molecule has 1 amide bonds. The third kappa shape index (κ3) is 3.83. The Hall–Kier alpha value is -2.22. The summed E-state index contributed by atoms with van der Waals surface area (Å²) in [7, 11) is 0. The Labute approximate surface area is 171 Å². The molecule has 3 aromatic carbocycles. The molecule has 0 saturated carbocycles. The summed E-state index contributed by atoms with van der Waals surface area (Å²) in [4.78, 5) is 13.1. The van der Waals surface area contributed by atoms with Crippen LogP contribution < -0.4 is 5.32 Å². The Morgan fingerprint density at radius 2 is 1.68 bits per heavy atom. The van der Waals surface area contributed by atoms with Crippen LogP contribution in [0, 0.1) is 0 Å². The van der Waals surface area contributed by atoms with Crippen LogP contribution in [-0.4, -0.2) is 11.4 Å². The van der Waals surface area contributed by atoms with Crippen molar-refractivity contribution in [2.24, 2.45) is 0 Å². The molecule has 0 aliphatic heterocycles. The Kier molecular flexibility index (Phi) is 4.99. The lowest BCUT2D eigenvalue weighted by atomic mass is 10.1. The number of carbonyl (C=O) groups is 1. The molecule has 4 aromatic rings. The SMILES string of the molecule is O=C(Nc1ccc(SC(F)(F)F)cc1)c1sc2c(ccc3ccccc32)c1Cl. The third-order valence-electron chi connectivity index (χ3n) is 4.07. The number of hydrogen-bond donors (Lipinski definition) is 1. The van der Waals surface area contributed by atoms with E-state index in [1.54, 1.807) is 0 Å². The Morgan fingerprint density at radius 1 is 0.964 bits per heavy atom. The minimum absolute atomic E-state index is 0.0527. The van der Waals surface area contributed by atoms with Gasteiger partial charge in [-0.15, -0.1) is 11.3 Å². The fourth-order valence-corrected chi connectivity index (χ4v) is 4.95. The van der Waals surface area contributed by atoms with Gasteiger partial charge in [0, 0.05) is 20.7 Å². The molecular formula is C20H11ClF3NOS2. The Morgan fingerprint density at radius 3 is 2.39 bits per heavy atom. The standard InChI is InChI=1S/C20H11ClF3NOS2/c21-16-15-10-5-11-3-1-2-4-14(11)17(15)27-18(16)19(26)25-12-6-8-13(9-7-12)28-20(22,23)24/h1-10H,(H,25,26). The number of alkyl halides is 3. The molecule has 28 heavy (non-hydrogen) atoms. The van der Waals surface area contributed by atoms with Crippen LogP contribution >= 0.6 is 34.7 Å². The van der Waals surface area contributed by atoms with E-state index in [0.717, 1.165) is 20.9 Å². The van der Waals surface area contributed by atoms with E-state index in [-0.39, 0.29) is 16.7 Å². The number of fused-ring (bicyclic) bond motifs is 3. The van der Waals surface area contributed by atoms with E-state index in [2.05, 4.69) is 5.32 Å². The maximum absolute atomic E-state index is 12.7. The van der Waals surface area contributed by atoms with E-state index in [1.807, 2.05) is 36.4 Å². The molecule has 142 valence electrons. The second-order valence-corrected chi connectivity index (χ2v) is 8.47. The predicted molar refractivity (Wildman–Crippen MR) is 111 cm³/mol. The van der Waals surface area contributed by atoms with Crippen LogP contribution in [0.15, 0.2) is 65.6 Å². The van der Waals surface area contributed by atoms with Gasteiger partial charge in [0.1, 0.15) is 4.88 Å². The number of rotatable bonds is 3. The van der Waals surface area contributed by atoms with E-state index in [4.69, 9.17) is 11.6 Å². The topological polar surface area (TPSA) is 29.1 Å². The van der Waals surface area contributed by atoms with Crippen molar-refractivity contribution in [1.82, 2.24) is 0 Å². The molecule has 0 aliphatic rings. The van der Waals surface area contributed by atoms with E-state index >= 15 is 0 Å². The number of anilines is 1. The van der Waals surface area contributed by atoms with Crippen LogP contribution in [-0.2, 0) is 0 Å². The first kappa shape index (κ1) is 19.1. The Bertz CT molecular complexity index is 1190. The summed E-state index contributed by atoms with van der Waals surface area (Å²) in [5.74, 6) is -0.397. The van der Waals surface area contributed by atoms with Gasteiger partial charge in [0.2, 0.25) is 0 Å². The summed E-state index contributed by atoms with van der Waals surface area (Å²) in [6.45, 7) is 0. The van der Waals surface area contributed by atoms with Gasteiger partial charge in [-0.3, -0.25) is 4.79 Å². The molecular weight excluding hydrogens is 427 g/mol. The Balaban J connectivity index is 1.62. The van der Waals surface area contributed by atoms with Crippen molar-refractivity contribution in [2.45, 2.75) is 10.4 Å². The van der Waals surface area contributed by atoms with E-state index < -0.39 is 11.4 Å². The average molecular weight is 438 g/mol. The summed E-state index contributed by atoms with van der Waals surface area (Å²) < 4.78 is 38.2. The van der Waals surface area contributed by atoms with E-state index in [9.17, 15) is 18.0 Å². The van der Waals surface area contributed by atoms with Crippen molar-refractivity contribution in [2.75, 3.05) is 5.32 Å². The molecule has 1 heterocycles. The molecule has 0 fully saturated rings. The van der Waals surface area contributed by atoms with Crippen LogP contribution in [0.4, 0.5) is 18.9 Å². The smallest absolute Gasteiger partial charge is 0.321 e. The third-order valence-corrected chi connectivity index (χ3v) is 6.55. The highest BCUT2D eigenvalue weighted by molar-refractivity contribution is 8.00. The van der Waals surface area contributed by atoms with Gasteiger partial charge in [-0.1, -0.05) is 48.0 Å². The number of hydrogen-bond acceptors (Lipinski definition) is 3. The number of carbonyl (C=O) groups excluding carboxylic acids is 1. The molecule has 0 unspecified atom stereocenters. The number of amides is 1. The monoisotopic (exact) mass is 437 g/mol. The van der Waals surface area contributed by atoms with E-state index in [1.165, 1.54) is 35.6 Å². The molecule has 0 atom stereocenters. The fourth-order valence-electron chi connectivity index (χ4n) is 2.87. The van der Waals surface area contributed by atoms with Crippen molar-refractivity contribution in [3.8, 4) is 0 Å². The molecule has 8 heteroatoms. The molecule has 2 nitrogen and oxygen atoms in total. The van der Waals surface area contributed by atoms with Gasteiger partial charge in [-0.05, 0) is 46.8 Å². The first-order valence-corrected chi connectivity index (χ1v) is 10.1. The summed E-state index contributed by atoms with van der Waals surface area (Å²) in [5.41, 5.74) is -3.95. The van der Waals surface area contributed by atoms with Crippen molar-refractivity contribution in [3.63, 3.8) is 0 Å². The van der Waals surface area contributed by atoms with Crippen LogP contribution in [0.1, 0.15) is 9.67 Å². The van der Waals surface area contributed by atoms with Crippen LogP contribution in [0.5, 0.6) is 0 Å². The van der Waals surface area contributed by atoms with Gasteiger partial charge in [0.25, 0.3) is 5.91 Å². The molecule has 0 saturated heterocycles. The largest absolute Gasteiger partial charge is 0.446 e. The van der Waals surface area contributed by atoms with Crippen molar-refractivity contribution < 1.29 is 18.0 Å². The molecule has 0 spiro atoms. The number of nitrogens with one attached hydrogen (secondary N) is 1. The maximum Gasteiger partial charge on any atom is 0.446 e. The molecule has 0 radical (unpaired) electrons. The lowest BCUT2D eigenvalue weighted by molar-refractivity contribution is -0.0328.